The molecule has 0 spiro atoms. The van der Waals surface area contributed by atoms with Crippen molar-refractivity contribution in [3.8, 4) is 16.8 Å². The first-order valence-corrected chi connectivity index (χ1v) is 12.1. The van der Waals surface area contributed by atoms with Crippen LogP contribution in [0.4, 0.5) is 5.69 Å². The molecular weight excluding hydrogens is 450 g/mol. The monoisotopic (exact) mass is 477 g/mol. The van der Waals surface area contributed by atoms with Crippen LogP contribution in [0.3, 0.4) is 0 Å². The number of morpholine rings is 1. The number of nitrogens with zero attached hydrogens (tertiary/aromatic N) is 4. The van der Waals surface area contributed by atoms with Gasteiger partial charge < -0.3 is 15.4 Å². The molecule has 1 saturated heterocycles. The maximum Gasteiger partial charge on any atom is 0.248 e. The summed E-state index contributed by atoms with van der Waals surface area (Å²) in [7, 11) is 0. The number of benzene rings is 3. The second-order valence-electron chi connectivity index (χ2n) is 9.20. The van der Waals surface area contributed by atoms with Crippen molar-refractivity contribution in [2.45, 2.75) is 13.8 Å². The number of nitrogens with two attached hydrogens (primary N) is 1. The highest BCUT2D eigenvalue weighted by molar-refractivity contribution is 6.00. The molecule has 1 fully saturated rings. The summed E-state index contributed by atoms with van der Waals surface area (Å²) in [6.07, 6.45) is 1.86. The van der Waals surface area contributed by atoms with Crippen LogP contribution in [0.15, 0.2) is 66.9 Å². The molecule has 1 amide bonds. The van der Waals surface area contributed by atoms with Crippen molar-refractivity contribution in [3.05, 3.63) is 83.8 Å². The number of primary amides is 1. The van der Waals surface area contributed by atoms with Crippen LogP contribution in [-0.4, -0.2) is 46.7 Å². The van der Waals surface area contributed by atoms with Gasteiger partial charge in [-0.1, -0.05) is 30.3 Å². The minimum atomic E-state index is -0.447. The highest BCUT2D eigenvalue weighted by atomic mass is 16.5. The summed E-state index contributed by atoms with van der Waals surface area (Å²) in [6, 6.07) is 20.1. The number of fused-ring (bicyclic) bond motifs is 2. The Morgan fingerprint density at radius 2 is 1.78 bits per heavy atom. The van der Waals surface area contributed by atoms with E-state index in [1.54, 1.807) is 6.07 Å². The van der Waals surface area contributed by atoms with E-state index in [2.05, 4.69) is 51.7 Å². The maximum absolute atomic E-state index is 11.9. The number of hydrogen-bond donors (Lipinski definition) is 1. The summed E-state index contributed by atoms with van der Waals surface area (Å²) >= 11 is 0. The molecule has 3 aromatic carbocycles. The number of aromatic nitrogens is 3. The standard InChI is InChI=1S/C29H27N5O2/c1-18-5-3-8-23-25(9-10-31-27(18)23)34-19(2)32-28-24(20-6-4-7-21(15-20)29(30)35)16-22(17-26(28)34)33-11-13-36-14-12-33/h3-10,15-17H,11-14H2,1-2H3,(H2,30,35). The van der Waals surface area contributed by atoms with Crippen LogP contribution in [0.1, 0.15) is 21.7 Å². The number of pyridine rings is 1. The average Bonchev–Trinajstić information content (AvgIpc) is 3.24. The lowest BCUT2D eigenvalue weighted by atomic mass is 10.00. The second-order valence-corrected chi connectivity index (χ2v) is 9.20. The molecule has 1 aliphatic heterocycles. The van der Waals surface area contributed by atoms with Gasteiger partial charge >= 0.3 is 0 Å². The Labute approximate surface area is 209 Å². The molecule has 0 bridgehead atoms. The first-order chi connectivity index (χ1) is 17.5. The van der Waals surface area contributed by atoms with Gasteiger partial charge in [-0.25, -0.2) is 4.98 Å². The summed E-state index contributed by atoms with van der Waals surface area (Å²) in [6.45, 7) is 7.13. The van der Waals surface area contributed by atoms with Crippen molar-refractivity contribution >= 4 is 33.5 Å². The van der Waals surface area contributed by atoms with Crippen molar-refractivity contribution in [1.82, 2.24) is 14.5 Å². The lowest BCUT2D eigenvalue weighted by molar-refractivity contribution is 0.100. The molecule has 3 heterocycles. The minimum Gasteiger partial charge on any atom is -0.378 e. The average molecular weight is 478 g/mol. The van der Waals surface area contributed by atoms with Crippen LogP contribution in [0.25, 0.3) is 38.8 Å². The Balaban J connectivity index is 1.66. The predicted octanol–water partition coefficient (Wildman–Crippen LogP) is 4.79. The number of carbonyl (C=O) groups excluding carboxylic acids is 1. The molecule has 7 heteroatoms. The van der Waals surface area contributed by atoms with Crippen molar-refractivity contribution in [2.75, 3.05) is 31.2 Å². The third-order valence-electron chi connectivity index (χ3n) is 6.94. The zero-order chi connectivity index (χ0) is 24.8. The molecular formula is C29H27N5O2. The van der Waals surface area contributed by atoms with Gasteiger partial charge in [0.2, 0.25) is 5.91 Å². The highest BCUT2D eigenvalue weighted by Crippen LogP contribution is 2.37. The SMILES string of the molecule is Cc1cccc2c(-n3c(C)nc4c(-c5cccc(C(N)=O)c5)cc(N5CCOCC5)cc43)ccnc12. The molecule has 0 aliphatic carbocycles. The molecule has 5 aromatic rings. The Hall–Kier alpha value is -4.23. The number of carbonyl (C=O) groups is 1. The van der Waals surface area contributed by atoms with E-state index >= 15 is 0 Å². The van der Waals surface area contributed by atoms with E-state index in [-0.39, 0.29) is 0 Å². The van der Waals surface area contributed by atoms with Gasteiger partial charge in [0.15, 0.2) is 0 Å². The van der Waals surface area contributed by atoms with E-state index in [1.165, 1.54) is 0 Å². The summed E-state index contributed by atoms with van der Waals surface area (Å²) in [5.41, 5.74) is 14.1. The first kappa shape index (κ1) is 22.2. The van der Waals surface area contributed by atoms with E-state index < -0.39 is 5.91 Å². The molecule has 0 saturated carbocycles. The number of amides is 1. The van der Waals surface area contributed by atoms with Gasteiger partial charge in [0, 0.05) is 41.5 Å². The number of para-hydroxylation sites is 1. The third-order valence-corrected chi connectivity index (χ3v) is 6.94. The van der Waals surface area contributed by atoms with Crippen LogP contribution >= 0.6 is 0 Å². The van der Waals surface area contributed by atoms with Crippen LogP contribution in [0, 0.1) is 13.8 Å². The maximum atomic E-state index is 11.9. The third kappa shape index (κ3) is 3.69. The number of rotatable bonds is 4. The summed E-state index contributed by atoms with van der Waals surface area (Å²) in [5, 5.41) is 1.08. The minimum absolute atomic E-state index is 0.447. The van der Waals surface area contributed by atoms with Crippen LogP contribution < -0.4 is 10.6 Å². The van der Waals surface area contributed by atoms with Crippen molar-refractivity contribution in [1.29, 1.82) is 0 Å². The molecule has 180 valence electrons. The Morgan fingerprint density at radius 3 is 2.58 bits per heavy atom. The molecule has 0 unspecified atom stereocenters. The fraction of sp³-hybridized carbons (Fsp3) is 0.207. The molecule has 0 radical (unpaired) electrons. The largest absolute Gasteiger partial charge is 0.378 e. The Bertz CT molecular complexity index is 1630. The quantitative estimate of drug-likeness (QED) is 0.402. The second kappa shape index (κ2) is 8.77. The first-order valence-electron chi connectivity index (χ1n) is 12.1. The zero-order valence-electron chi connectivity index (χ0n) is 20.4. The molecule has 1 aliphatic rings. The number of imidazole rings is 1. The zero-order valence-corrected chi connectivity index (χ0v) is 20.4. The Morgan fingerprint density at radius 1 is 0.972 bits per heavy atom. The summed E-state index contributed by atoms with van der Waals surface area (Å²) in [4.78, 5) is 24.0. The number of ether oxygens (including phenoxy) is 1. The van der Waals surface area contributed by atoms with E-state index in [9.17, 15) is 4.79 Å². The number of hydrogen-bond acceptors (Lipinski definition) is 5. The number of aryl methyl sites for hydroxylation is 2. The van der Waals surface area contributed by atoms with Crippen molar-refractivity contribution < 1.29 is 9.53 Å². The van der Waals surface area contributed by atoms with E-state index in [0.717, 1.165) is 68.9 Å². The van der Waals surface area contributed by atoms with Crippen molar-refractivity contribution in [3.63, 3.8) is 0 Å². The molecule has 2 N–H and O–H groups in total. The topological polar surface area (TPSA) is 86.3 Å². The lowest BCUT2D eigenvalue weighted by Crippen LogP contribution is -2.36. The van der Waals surface area contributed by atoms with Gasteiger partial charge in [0.1, 0.15) is 5.82 Å². The summed E-state index contributed by atoms with van der Waals surface area (Å²) in [5.74, 6) is 0.434. The van der Waals surface area contributed by atoms with E-state index in [0.29, 0.717) is 18.8 Å². The molecule has 36 heavy (non-hydrogen) atoms. The van der Waals surface area contributed by atoms with Crippen molar-refractivity contribution in [2.24, 2.45) is 5.73 Å². The fourth-order valence-electron chi connectivity index (χ4n) is 5.15. The van der Waals surface area contributed by atoms with E-state index in [4.69, 9.17) is 15.5 Å². The van der Waals surface area contributed by atoms with Gasteiger partial charge in [-0.3, -0.25) is 14.3 Å². The smallest absolute Gasteiger partial charge is 0.248 e. The predicted molar refractivity (Wildman–Crippen MR) is 143 cm³/mol. The fourth-order valence-corrected chi connectivity index (χ4v) is 5.15. The van der Waals surface area contributed by atoms with Gasteiger partial charge in [0.25, 0.3) is 0 Å². The highest BCUT2D eigenvalue weighted by Gasteiger charge is 2.21. The van der Waals surface area contributed by atoms with Gasteiger partial charge in [0.05, 0.1) is 35.5 Å². The number of anilines is 1. The van der Waals surface area contributed by atoms with Crippen LogP contribution in [-0.2, 0) is 4.74 Å². The van der Waals surface area contributed by atoms with Gasteiger partial charge in [-0.15, -0.1) is 0 Å². The lowest BCUT2D eigenvalue weighted by Gasteiger charge is -2.29. The Kier molecular flexibility index (Phi) is 5.42. The molecule has 2 aromatic heterocycles. The van der Waals surface area contributed by atoms with Gasteiger partial charge in [-0.05, 0) is 55.3 Å². The molecule has 7 nitrogen and oxygen atoms in total. The van der Waals surface area contributed by atoms with Gasteiger partial charge in [-0.2, -0.15) is 0 Å². The van der Waals surface area contributed by atoms with Crippen LogP contribution in [0.2, 0.25) is 0 Å². The van der Waals surface area contributed by atoms with Crippen LogP contribution in [0.5, 0.6) is 0 Å². The van der Waals surface area contributed by atoms with E-state index in [1.807, 2.05) is 37.4 Å². The molecule has 0 atom stereocenters. The normalized spacial score (nSPS) is 14.0. The molecule has 6 rings (SSSR count). The summed E-state index contributed by atoms with van der Waals surface area (Å²) < 4.78 is 7.82.